The van der Waals surface area contributed by atoms with Crippen molar-refractivity contribution in [3.05, 3.63) is 150 Å². The number of fused-ring (bicyclic) bond motifs is 3. The van der Waals surface area contributed by atoms with E-state index in [1.54, 1.807) is 0 Å². The molecule has 2 heterocycles. The SMILES string of the molecule is CC1=C(C)[C@@H]2[C@H](P(c3ccccc3)c3ccccc3)C[C@H]1[P@]2(=O)c1ccccc1.C[C@@H](c1[c-]cc2ccccc2c1)N(C)C.[O-][Cl+3]([O-])([O-])[O-].[Pd+2]. The molecule has 0 saturated carbocycles. The normalized spacial score (nSPS) is 21.6. The van der Waals surface area contributed by atoms with E-state index in [-0.39, 0.29) is 31.7 Å². The van der Waals surface area contributed by atoms with Gasteiger partial charge in [0.15, 0.2) is 0 Å². The summed E-state index contributed by atoms with van der Waals surface area (Å²) < 4.78 is 48.7. The Morgan fingerprint density at radius 1 is 0.760 bits per heavy atom. The Morgan fingerprint density at radius 3 is 1.72 bits per heavy atom. The van der Waals surface area contributed by atoms with Crippen molar-refractivity contribution < 1.29 is 53.9 Å². The number of hydrogen-bond donors (Lipinski definition) is 0. The number of allylic oxidation sites excluding steroid dienone is 2. The zero-order valence-electron chi connectivity index (χ0n) is 28.7. The quantitative estimate of drug-likeness (QED) is 0.110. The molecule has 0 unspecified atom stereocenters. The van der Waals surface area contributed by atoms with Gasteiger partial charge in [0.1, 0.15) is 7.14 Å². The first-order chi connectivity index (χ1) is 23.3. The number of rotatable bonds is 6. The summed E-state index contributed by atoms with van der Waals surface area (Å²) >= 11 is 0. The predicted octanol–water partition coefficient (Wildman–Crippen LogP) is 4.17. The Kier molecular flexibility index (Phi) is 14.0. The fourth-order valence-electron chi connectivity index (χ4n) is 7.12. The molecule has 2 aliphatic rings. The van der Waals surface area contributed by atoms with E-state index >= 15 is 0 Å². The minimum atomic E-state index is -4.94. The summed E-state index contributed by atoms with van der Waals surface area (Å²) in [6, 6.07) is 48.6. The van der Waals surface area contributed by atoms with Crippen LogP contribution in [0.1, 0.15) is 38.8 Å². The Bertz CT molecular complexity index is 1880. The third-order valence-corrected chi connectivity index (χ3v) is 17.1. The zero-order chi connectivity index (χ0) is 35.3. The molecular weight excluding hydrogens is 778 g/mol. The van der Waals surface area contributed by atoms with Gasteiger partial charge in [0, 0.05) is 28.3 Å². The fourth-order valence-corrected chi connectivity index (χ4v) is 15.7. The summed E-state index contributed by atoms with van der Waals surface area (Å²) in [4.78, 5) is 2.20. The molecule has 1 saturated heterocycles. The monoisotopic (exact) mass is 819 g/mol. The van der Waals surface area contributed by atoms with Gasteiger partial charge >= 0.3 is 20.4 Å². The van der Waals surface area contributed by atoms with Crippen molar-refractivity contribution in [3.8, 4) is 0 Å². The van der Waals surface area contributed by atoms with Crippen molar-refractivity contribution >= 4 is 41.7 Å². The molecule has 10 heteroatoms. The molecule has 0 spiro atoms. The van der Waals surface area contributed by atoms with Crippen LogP contribution in [0, 0.1) is 16.3 Å². The van der Waals surface area contributed by atoms with Crippen LogP contribution in [0.4, 0.5) is 0 Å². The first-order valence-corrected chi connectivity index (χ1v) is 20.7. The molecule has 50 heavy (non-hydrogen) atoms. The average molecular weight is 821 g/mol. The van der Waals surface area contributed by atoms with E-state index in [4.69, 9.17) is 18.6 Å². The molecule has 0 radical (unpaired) electrons. The summed E-state index contributed by atoms with van der Waals surface area (Å²) in [7, 11) is -3.84. The minimum Gasteiger partial charge on any atom is -0.317 e. The number of hydrogen-bond acceptors (Lipinski definition) is 6. The van der Waals surface area contributed by atoms with Gasteiger partial charge < -0.3 is 9.46 Å². The Hall–Kier alpha value is -2.49. The van der Waals surface area contributed by atoms with Crippen LogP contribution in [-0.4, -0.2) is 36.0 Å². The molecule has 2 bridgehead atoms. The van der Waals surface area contributed by atoms with Gasteiger partial charge in [-0.3, -0.25) is 0 Å². The van der Waals surface area contributed by atoms with E-state index in [9.17, 15) is 4.57 Å². The summed E-state index contributed by atoms with van der Waals surface area (Å²) in [5.41, 5.74) is 4.82. The average Bonchev–Trinajstić information content (AvgIpc) is 3.50. The van der Waals surface area contributed by atoms with E-state index in [1.807, 2.05) is 18.2 Å². The van der Waals surface area contributed by atoms with Crippen molar-refractivity contribution in [3.63, 3.8) is 0 Å². The molecule has 0 amide bonds. The standard InChI is InChI=1S/C26H26OP2.C14H16N.ClHO4.Pd/c1-19-20(2)26-24(18-25(19)29(26,27)23-16-10-5-11-17-23)28(21-12-6-3-7-13-21)22-14-8-4-9-15-22;1-11(15(2)3)13-9-8-12-6-4-5-7-14(12)10-13;2-1(3,4)5;/h3-17,24-26H,18H2,1-2H3;4-8,10-11H,1-3H3;(H,2,3,4,5);/q;-1;;+2/p-1/t24-,25-,26-,29-;11-;;/m10../s1. The zero-order valence-corrected chi connectivity index (χ0v) is 32.8. The smallest absolute Gasteiger partial charge is 0.317 e. The molecule has 0 aliphatic carbocycles. The molecule has 6 nitrogen and oxygen atoms in total. The Morgan fingerprint density at radius 2 is 1.22 bits per heavy atom. The second-order valence-electron chi connectivity index (χ2n) is 12.8. The molecule has 5 atom stereocenters. The van der Waals surface area contributed by atoms with Crippen molar-refractivity contribution in [1.29, 1.82) is 0 Å². The maximum Gasteiger partial charge on any atom is 2.00 e. The van der Waals surface area contributed by atoms with Gasteiger partial charge in [-0.2, -0.15) is 18.2 Å². The van der Waals surface area contributed by atoms with Crippen LogP contribution in [0.5, 0.6) is 0 Å². The number of nitrogens with zero attached hydrogens (tertiary/aromatic N) is 1. The van der Waals surface area contributed by atoms with E-state index < -0.39 is 25.3 Å². The fraction of sp³-hybridized carbons (Fsp3) is 0.250. The van der Waals surface area contributed by atoms with Gasteiger partial charge in [-0.25, -0.2) is 18.6 Å². The van der Waals surface area contributed by atoms with Crippen molar-refractivity contribution in [2.75, 3.05) is 14.1 Å². The maximum atomic E-state index is 14.7. The van der Waals surface area contributed by atoms with Crippen LogP contribution in [0.25, 0.3) is 10.8 Å². The molecule has 1 fully saturated rings. The molecule has 0 aromatic heterocycles. The third-order valence-electron chi connectivity index (χ3n) is 9.76. The van der Waals surface area contributed by atoms with Crippen LogP contribution in [-0.2, 0) is 25.0 Å². The van der Waals surface area contributed by atoms with Gasteiger partial charge in [-0.05, 0) is 59.8 Å². The van der Waals surface area contributed by atoms with E-state index in [2.05, 4.69) is 155 Å². The second kappa shape index (κ2) is 17.4. The first-order valence-electron chi connectivity index (χ1n) is 16.2. The summed E-state index contributed by atoms with van der Waals surface area (Å²) in [5.74, 6) is 0. The summed E-state index contributed by atoms with van der Waals surface area (Å²) in [5, 5.41) is 6.42. The molecular formula is C40H42ClNO5P2Pd. The van der Waals surface area contributed by atoms with Gasteiger partial charge in [0.05, 0.1) is 0 Å². The van der Waals surface area contributed by atoms with Crippen LogP contribution < -0.4 is 34.5 Å². The van der Waals surface area contributed by atoms with Gasteiger partial charge in [-0.1, -0.05) is 120 Å². The van der Waals surface area contributed by atoms with E-state index in [1.165, 1.54) is 38.1 Å². The number of halogens is 1. The molecule has 0 N–H and O–H groups in total. The van der Waals surface area contributed by atoms with Gasteiger partial charge in [0.25, 0.3) is 0 Å². The molecule has 2 aliphatic heterocycles. The van der Waals surface area contributed by atoms with Crippen LogP contribution >= 0.6 is 15.1 Å². The largest absolute Gasteiger partial charge is 2.00 e. The molecule has 7 rings (SSSR count). The molecule has 5 aromatic carbocycles. The minimum absolute atomic E-state index is 0. The van der Waals surface area contributed by atoms with Gasteiger partial charge in [0.2, 0.25) is 0 Å². The topological polar surface area (TPSA) is 113 Å². The second-order valence-corrected chi connectivity index (χ2v) is 19.1. The Labute approximate surface area is 313 Å². The van der Waals surface area contributed by atoms with Crippen LogP contribution in [0.15, 0.2) is 139 Å². The van der Waals surface area contributed by atoms with Crippen molar-refractivity contribution in [2.24, 2.45) is 0 Å². The predicted molar refractivity (Wildman–Crippen MR) is 192 cm³/mol. The third kappa shape index (κ3) is 9.11. The first kappa shape index (κ1) is 40.3. The van der Waals surface area contributed by atoms with Crippen LogP contribution in [0.2, 0.25) is 0 Å². The maximum absolute atomic E-state index is 14.7. The number of benzene rings is 5. The van der Waals surface area contributed by atoms with Crippen molar-refractivity contribution in [1.82, 2.24) is 4.90 Å². The molecule has 264 valence electrons. The van der Waals surface area contributed by atoms with E-state index in [0.717, 1.165) is 11.7 Å². The summed E-state index contributed by atoms with van der Waals surface area (Å²) in [6.45, 7) is 6.66. The Balaban J connectivity index is 0.000000224. The molecule has 5 aromatic rings. The van der Waals surface area contributed by atoms with Crippen molar-refractivity contribution in [2.45, 2.75) is 50.2 Å². The van der Waals surface area contributed by atoms with Gasteiger partial charge in [-0.15, -0.1) is 32.6 Å². The van der Waals surface area contributed by atoms with Crippen LogP contribution in [0.3, 0.4) is 0 Å². The summed E-state index contributed by atoms with van der Waals surface area (Å²) in [6.07, 6.45) is 1.04. The van der Waals surface area contributed by atoms with E-state index in [0.29, 0.717) is 11.7 Å².